The highest BCUT2D eigenvalue weighted by Crippen LogP contribution is 2.31. The van der Waals surface area contributed by atoms with Gasteiger partial charge >= 0.3 is 0 Å². The van der Waals surface area contributed by atoms with Crippen molar-refractivity contribution in [1.82, 2.24) is 4.31 Å². The molecule has 0 bridgehead atoms. The second kappa shape index (κ2) is 5.60. The van der Waals surface area contributed by atoms with E-state index in [0.717, 1.165) is 15.6 Å². The van der Waals surface area contributed by atoms with Crippen molar-refractivity contribution < 1.29 is 17.9 Å². The summed E-state index contributed by atoms with van der Waals surface area (Å²) in [5.41, 5.74) is 0. The third-order valence-electron chi connectivity index (χ3n) is 2.38. The molecule has 2 rings (SSSR count). The number of aliphatic imine (C=N–C) groups is 1. The predicted molar refractivity (Wildman–Crippen MR) is 68.6 cm³/mol. The van der Waals surface area contributed by atoms with Gasteiger partial charge in [-0.1, -0.05) is 0 Å². The summed E-state index contributed by atoms with van der Waals surface area (Å²) in [4.78, 5) is 13.8. The van der Waals surface area contributed by atoms with Crippen LogP contribution in [-0.2, 0) is 19.6 Å². The van der Waals surface area contributed by atoms with Gasteiger partial charge in [-0.2, -0.15) is 9.30 Å². The van der Waals surface area contributed by atoms with Crippen LogP contribution in [0.15, 0.2) is 25.1 Å². The summed E-state index contributed by atoms with van der Waals surface area (Å²) >= 11 is 4.31. The molecule has 1 aliphatic rings. The lowest BCUT2D eigenvalue weighted by Crippen LogP contribution is -2.47. The Bertz CT molecular complexity index is 579. The molecule has 1 aliphatic heterocycles. The minimum atomic E-state index is -3.67. The SMILES string of the molecule is O=C=NC1COCCN1S(=O)(=O)c1sccc1Br. The fourth-order valence-corrected chi connectivity index (χ4v) is 5.51. The van der Waals surface area contributed by atoms with Crippen molar-refractivity contribution in [3.8, 4) is 0 Å². The molecule has 0 aliphatic carbocycles. The summed E-state index contributed by atoms with van der Waals surface area (Å²) in [6.45, 7) is 0.521. The number of carbonyl (C=O) groups excluding carboxylic acids is 1. The second-order valence-electron chi connectivity index (χ2n) is 3.45. The number of isocyanates is 1. The van der Waals surface area contributed by atoms with Crippen molar-refractivity contribution in [2.24, 2.45) is 4.99 Å². The van der Waals surface area contributed by atoms with Gasteiger partial charge in [0, 0.05) is 11.0 Å². The van der Waals surface area contributed by atoms with Gasteiger partial charge in [0.2, 0.25) is 6.08 Å². The highest BCUT2D eigenvalue weighted by atomic mass is 79.9. The first-order valence-corrected chi connectivity index (χ1v) is 8.08. The zero-order valence-electron chi connectivity index (χ0n) is 9.08. The van der Waals surface area contributed by atoms with Crippen molar-refractivity contribution in [3.05, 3.63) is 15.9 Å². The molecule has 1 aromatic heterocycles. The van der Waals surface area contributed by atoms with E-state index >= 15 is 0 Å². The van der Waals surface area contributed by atoms with Gasteiger partial charge in [-0.3, -0.25) is 0 Å². The van der Waals surface area contributed by atoms with Crippen molar-refractivity contribution in [2.45, 2.75) is 10.4 Å². The van der Waals surface area contributed by atoms with Gasteiger partial charge in [-0.15, -0.1) is 11.3 Å². The average molecular weight is 353 g/mol. The molecule has 0 aromatic carbocycles. The van der Waals surface area contributed by atoms with E-state index < -0.39 is 16.2 Å². The van der Waals surface area contributed by atoms with Crippen LogP contribution < -0.4 is 0 Å². The Balaban J connectivity index is 2.39. The van der Waals surface area contributed by atoms with Gasteiger partial charge in [0.15, 0.2) is 6.17 Å². The molecule has 1 aromatic rings. The summed E-state index contributed by atoms with van der Waals surface area (Å²) < 4.78 is 31.8. The molecule has 0 saturated carbocycles. The lowest BCUT2D eigenvalue weighted by molar-refractivity contribution is 0.0360. The Hall–Kier alpha value is -0.570. The van der Waals surface area contributed by atoms with E-state index in [2.05, 4.69) is 20.9 Å². The van der Waals surface area contributed by atoms with Crippen LogP contribution in [0.5, 0.6) is 0 Å². The number of rotatable bonds is 3. The highest BCUT2D eigenvalue weighted by molar-refractivity contribution is 9.10. The van der Waals surface area contributed by atoms with Crippen molar-refractivity contribution in [3.63, 3.8) is 0 Å². The Morgan fingerprint density at radius 3 is 3.00 bits per heavy atom. The average Bonchev–Trinajstić information content (AvgIpc) is 2.77. The molecule has 18 heavy (non-hydrogen) atoms. The standard InChI is InChI=1S/C9H9BrN2O4S2/c10-7-1-4-17-9(7)18(14,15)12-2-3-16-5-8(12)11-6-13/h1,4,8H,2-3,5H2. The number of nitrogens with zero attached hydrogens (tertiary/aromatic N) is 2. The summed E-state index contributed by atoms with van der Waals surface area (Å²) in [5, 5.41) is 1.68. The molecule has 0 amide bonds. The zero-order chi connectivity index (χ0) is 13.2. The Morgan fingerprint density at radius 1 is 1.61 bits per heavy atom. The largest absolute Gasteiger partial charge is 0.376 e. The minimum Gasteiger partial charge on any atom is -0.376 e. The number of thiophene rings is 1. The lowest BCUT2D eigenvalue weighted by atomic mass is 10.4. The van der Waals surface area contributed by atoms with Crippen molar-refractivity contribution >= 4 is 43.4 Å². The van der Waals surface area contributed by atoms with Crippen LogP contribution in [0.2, 0.25) is 0 Å². The van der Waals surface area contributed by atoms with E-state index in [1.165, 1.54) is 6.08 Å². The Morgan fingerprint density at radius 2 is 2.39 bits per heavy atom. The molecule has 9 heteroatoms. The molecular weight excluding hydrogens is 344 g/mol. The number of sulfonamides is 1. The fourth-order valence-electron chi connectivity index (χ4n) is 1.59. The van der Waals surface area contributed by atoms with Gasteiger partial charge in [-0.05, 0) is 27.4 Å². The van der Waals surface area contributed by atoms with Crippen molar-refractivity contribution in [2.75, 3.05) is 19.8 Å². The molecular formula is C9H9BrN2O4S2. The second-order valence-corrected chi connectivity index (χ2v) is 7.30. The molecule has 0 spiro atoms. The molecule has 98 valence electrons. The maximum atomic E-state index is 12.4. The molecule has 0 radical (unpaired) electrons. The minimum absolute atomic E-state index is 0.0669. The lowest BCUT2D eigenvalue weighted by Gasteiger charge is -2.30. The first-order chi connectivity index (χ1) is 8.57. The van der Waals surface area contributed by atoms with Crippen LogP contribution in [-0.4, -0.2) is 44.7 Å². The molecule has 1 atom stereocenters. The predicted octanol–water partition coefficient (Wildman–Crippen LogP) is 1.19. The van der Waals surface area contributed by atoms with Crippen molar-refractivity contribution in [1.29, 1.82) is 0 Å². The summed E-state index contributed by atoms with van der Waals surface area (Å²) in [6.07, 6.45) is 0.542. The fraction of sp³-hybridized carbons (Fsp3) is 0.444. The van der Waals surface area contributed by atoms with E-state index in [1.807, 2.05) is 0 Å². The van der Waals surface area contributed by atoms with Gasteiger partial charge in [0.05, 0.1) is 13.2 Å². The summed E-state index contributed by atoms with van der Waals surface area (Å²) in [6, 6.07) is 1.66. The smallest absolute Gasteiger partial charge is 0.255 e. The quantitative estimate of drug-likeness (QED) is 0.604. The molecule has 0 N–H and O–H groups in total. The molecule has 1 fully saturated rings. The molecule has 2 heterocycles. The molecule has 6 nitrogen and oxygen atoms in total. The number of morpholine rings is 1. The van der Waals surface area contributed by atoms with Crippen LogP contribution in [0.3, 0.4) is 0 Å². The van der Waals surface area contributed by atoms with Crippen LogP contribution in [0, 0.1) is 0 Å². The summed E-state index contributed by atoms with van der Waals surface area (Å²) in [7, 11) is -3.67. The van der Waals surface area contributed by atoms with Gasteiger partial charge in [-0.25, -0.2) is 13.2 Å². The normalized spacial score (nSPS) is 21.5. The van der Waals surface area contributed by atoms with Gasteiger partial charge in [0.25, 0.3) is 10.0 Å². The molecule has 1 unspecified atom stereocenters. The topological polar surface area (TPSA) is 76.0 Å². The monoisotopic (exact) mass is 352 g/mol. The number of ether oxygens (including phenoxy) is 1. The van der Waals surface area contributed by atoms with Crippen LogP contribution in [0.25, 0.3) is 0 Å². The Labute approximate surface area is 116 Å². The Kier molecular flexibility index (Phi) is 4.31. The maximum Gasteiger partial charge on any atom is 0.255 e. The number of halogens is 1. The van der Waals surface area contributed by atoms with Crippen LogP contribution in [0.4, 0.5) is 0 Å². The highest BCUT2D eigenvalue weighted by Gasteiger charge is 2.35. The summed E-state index contributed by atoms with van der Waals surface area (Å²) in [5.74, 6) is 0. The zero-order valence-corrected chi connectivity index (χ0v) is 12.3. The number of hydrogen-bond acceptors (Lipinski definition) is 6. The van der Waals surface area contributed by atoms with E-state index in [-0.39, 0.29) is 24.0 Å². The first kappa shape index (κ1) is 13.9. The van der Waals surface area contributed by atoms with Crippen LogP contribution in [0.1, 0.15) is 0 Å². The van der Waals surface area contributed by atoms with E-state index in [9.17, 15) is 13.2 Å². The first-order valence-electron chi connectivity index (χ1n) is 4.97. The van der Waals surface area contributed by atoms with E-state index in [4.69, 9.17) is 4.74 Å². The third-order valence-corrected chi connectivity index (χ3v) is 6.93. The van der Waals surface area contributed by atoms with E-state index in [1.54, 1.807) is 11.4 Å². The molecule has 1 saturated heterocycles. The van der Waals surface area contributed by atoms with Gasteiger partial charge < -0.3 is 4.74 Å². The third kappa shape index (κ3) is 2.56. The maximum absolute atomic E-state index is 12.4. The van der Waals surface area contributed by atoms with Crippen LogP contribution >= 0.6 is 27.3 Å². The number of hydrogen-bond donors (Lipinski definition) is 0. The van der Waals surface area contributed by atoms with E-state index in [0.29, 0.717) is 4.47 Å². The van der Waals surface area contributed by atoms with Gasteiger partial charge in [0.1, 0.15) is 4.21 Å².